The Labute approximate surface area is 200 Å². The summed E-state index contributed by atoms with van der Waals surface area (Å²) in [6.45, 7) is 6.89. The molecule has 0 spiro atoms. The molecule has 34 heavy (non-hydrogen) atoms. The third-order valence-corrected chi connectivity index (χ3v) is 6.56. The molecule has 0 radical (unpaired) electrons. The highest BCUT2D eigenvalue weighted by molar-refractivity contribution is 5.98. The third kappa shape index (κ3) is 4.68. The topological polar surface area (TPSA) is 55.1 Å². The maximum Gasteiger partial charge on any atom is 0.257 e. The highest BCUT2D eigenvalue weighted by atomic mass is 16.1. The van der Waals surface area contributed by atoms with E-state index in [4.69, 9.17) is 5.10 Å². The van der Waals surface area contributed by atoms with Crippen molar-refractivity contribution in [3.63, 3.8) is 0 Å². The smallest absolute Gasteiger partial charge is 0.257 e. The molecule has 1 saturated heterocycles. The molecule has 0 aliphatic carbocycles. The van der Waals surface area contributed by atoms with Gasteiger partial charge in [-0.25, -0.2) is 4.68 Å². The van der Waals surface area contributed by atoms with E-state index in [0.29, 0.717) is 5.56 Å². The number of benzene rings is 2. The molecule has 3 heterocycles. The van der Waals surface area contributed by atoms with Gasteiger partial charge in [-0.15, -0.1) is 0 Å². The number of aryl methyl sites for hydroxylation is 2. The van der Waals surface area contributed by atoms with Gasteiger partial charge in [0.25, 0.3) is 5.91 Å². The average Bonchev–Trinajstić information content (AvgIpc) is 3.49. The minimum Gasteiger partial charge on any atom is -0.349 e. The van der Waals surface area contributed by atoms with Gasteiger partial charge in [-0.2, -0.15) is 5.10 Å². The number of hydrogen-bond donors (Lipinski definition) is 1. The monoisotopic (exact) mass is 453 g/mol. The predicted molar refractivity (Wildman–Crippen MR) is 135 cm³/mol. The lowest BCUT2D eigenvalue weighted by atomic mass is 10.0. The molecule has 1 amide bonds. The van der Waals surface area contributed by atoms with Gasteiger partial charge in [0.2, 0.25) is 0 Å². The molecule has 0 atom stereocenters. The molecule has 174 valence electrons. The van der Waals surface area contributed by atoms with Gasteiger partial charge in [0.05, 0.1) is 11.4 Å². The van der Waals surface area contributed by atoms with Crippen LogP contribution in [0.2, 0.25) is 0 Å². The number of nitrogens with zero attached hydrogens (tertiary/aromatic N) is 4. The number of amides is 1. The lowest BCUT2D eigenvalue weighted by Crippen LogP contribution is -2.44. The van der Waals surface area contributed by atoms with Crippen molar-refractivity contribution in [2.24, 2.45) is 0 Å². The molecule has 1 aliphatic rings. The zero-order valence-corrected chi connectivity index (χ0v) is 19.8. The average molecular weight is 454 g/mol. The van der Waals surface area contributed by atoms with E-state index in [1.165, 1.54) is 11.1 Å². The molecule has 5 rings (SSSR count). The Morgan fingerprint density at radius 3 is 2.29 bits per heavy atom. The van der Waals surface area contributed by atoms with Crippen LogP contribution in [0.4, 0.5) is 0 Å². The number of likely N-dealkylation sites (tertiary alicyclic amines) is 1. The predicted octanol–water partition coefficient (Wildman–Crippen LogP) is 4.67. The minimum atomic E-state index is -0.0546. The lowest BCUT2D eigenvalue weighted by molar-refractivity contribution is 0.0908. The zero-order valence-electron chi connectivity index (χ0n) is 19.8. The number of nitrogens with one attached hydrogen (secondary N) is 1. The Morgan fingerprint density at radius 1 is 0.941 bits per heavy atom. The molecule has 4 aromatic rings. The Morgan fingerprint density at radius 2 is 1.62 bits per heavy atom. The highest BCUT2D eigenvalue weighted by Crippen LogP contribution is 2.24. The third-order valence-electron chi connectivity index (χ3n) is 6.56. The Kier molecular flexibility index (Phi) is 6.32. The minimum absolute atomic E-state index is 0.0546. The summed E-state index contributed by atoms with van der Waals surface area (Å²) in [5.41, 5.74) is 4.81. The molecule has 2 aromatic heterocycles. The molecule has 1 aliphatic heterocycles. The molecule has 1 N–H and O–H groups in total. The number of hydrogen-bond acceptors (Lipinski definition) is 3. The summed E-state index contributed by atoms with van der Waals surface area (Å²) in [4.78, 5) is 16.0. The van der Waals surface area contributed by atoms with E-state index < -0.39 is 0 Å². The first-order valence-corrected chi connectivity index (χ1v) is 12.0. The van der Waals surface area contributed by atoms with E-state index in [1.807, 2.05) is 52.8 Å². The van der Waals surface area contributed by atoms with Gasteiger partial charge in [0.15, 0.2) is 5.82 Å². The summed E-state index contributed by atoms with van der Waals surface area (Å²) >= 11 is 0. The van der Waals surface area contributed by atoms with E-state index in [2.05, 4.69) is 59.6 Å². The van der Waals surface area contributed by atoms with Crippen molar-refractivity contribution >= 4 is 5.91 Å². The summed E-state index contributed by atoms with van der Waals surface area (Å²) in [7, 11) is 0. The van der Waals surface area contributed by atoms with Crippen LogP contribution in [0.1, 0.15) is 40.0 Å². The van der Waals surface area contributed by atoms with Gasteiger partial charge in [-0.3, -0.25) is 9.69 Å². The van der Waals surface area contributed by atoms with Crippen molar-refractivity contribution in [2.75, 3.05) is 13.1 Å². The Hall–Kier alpha value is -3.64. The van der Waals surface area contributed by atoms with Crippen LogP contribution in [0.5, 0.6) is 0 Å². The van der Waals surface area contributed by atoms with Crippen molar-refractivity contribution in [3.8, 4) is 11.5 Å². The van der Waals surface area contributed by atoms with Gasteiger partial charge in [0, 0.05) is 38.1 Å². The molecule has 1 fully saturated rings. The molecule has 0 unspecified atom stereocenters. The first-order chi connectivity index (χ1) is 16.6. The summed E-state index contributed by atoms with van der Waals surface area (Å²) in [6.07, 6.45) is 5.81. The standard InChI is InChI=1S/C28H31N5O/c1-21-10-12-25(13-11-21)33-28(32-16-6-7-17-32)26(22(2)30-33)27(34)29-24-14-18-31(19-15-24)20-23-8-4-3-5-9-23/h3-13,16-17,24H,14-15,18-20H2,1-2H3,(H,29,34). The summed E-state index contributed by atoms with van der Waals surface area (Å²) in [6, 6.07) is 22.9. The van der Waals surface area contributed by atoms with Crippen LogP contribution >= 0.6 is 0 Å². The summed E-state index contributed by atoms with van der Waals surface area (Å²) in [5.74, 6) is 0.714. The van der Waals surface area contributed by atoms with Crippen LogP contribution in [0.25, 0.3) is 11.5 Å². The van der Waals surface area contributed by atoms with Gasteiger partial charge < -0.3 is 9.88 Å². The van der Waals surface area contributed by atoms with E-state index in [-0.39, 0.29) is 11.9 Å². The number of rotatable bonds is 6. The fourth-order valence-electron chi connectivity index (χ4n) is 4.70. The van der Waals surface area contributed by atoms with Crippen molar-refractivity contribution in [1.82, 2.24) is 24.6 Å². The largest absolute Gasteiger partial charge is 0.349 e. The van der Waals surface area contributed by atoms with Crippen LogP contribution < -0.4 is 5.32 Å². The Balaban J connectivity index is 1.34. The SMILES string of the molecule is Cc1ccc(-n2nc(C)c(C(=O)NC3CCN(Cc4ccccc4)CC3)c2-n2cccc2)cc1. The van der Waals surface area contributed by atoms with Gasteiger partial charge in [-0.1, -0.05) is 48.0 Å². The lowest BCUT2D eigenvalue weighted by Gasteiger charge is -2.32. The van der Waals surface area contributed by atoms with Gasteiger partial charge >= 0.3 is 0 Å². The second kappa shape index (κ2) is 9.69. The van der Waals surface area contributed by atoms with E-state index in [1.54, 1.807) is 0 Å². The molecule has 6 nitrogen and oxygen atoms in total. The quantitative estimate of drug-likeness (QED) is 0.461. The maximum absolute atomic E-state index is 13.5. The molecule has 0 bridgehead atoms. The van der Waals surface area contributed by atoms with E-state index >= 15 is 0 Å². The van der Waals surface area contributed by atoms with Gasteiger partial charge in [-0.05, 0) is 56.5 Å². The zero-order chi connectivity index (χ0) is 23.5. The van der Waals surface area contributed by atoms with E-state index in [0.717, 1.165) is 49.7 Å². The van der Waals surface area contributed by atoms with Gasteiger partial charge in [0.1, 0.15) is 5.56 Å². The number of piperidine rings is 1. The normalized spacial score (nSPS) is 14.9. The Bertz CT molecular complexity index is 1230. The summed E-state index contributed by atoms with van der Waals surface area (Å²) < 4.78 is 3.84. The van der Waals surface area contributed by atoms with Crippen molar-refractivity contribution in [2.45, 2.75) is 39.3 Å². The van der Waals surface area contributed by atoms with Crippen LogP contribution in [0.15, 0.2) is 79.1 Å². The van der Waals surface area contributed by atoms with Crippen LogP contribution in [0.3, 0.4) is 0 Å². The van der Waals surface area contributed by atoms with Crippen LogP contribution in [0, 0.1) is 13.8 Å². The first-order valence-electron chi connectivity index (χ1n) is 12.0. The highest BCUT2D eigenvalue weighted by Gasteiger charge is 2.27. The molecule has 0 saturated carbocycles. The van der Waals surface area contributed by atoms with Crippen molar-refractivity contribution in [3.05, 3.63) is 102 Å². The fraction of sp³-hybridized carbons (Fsp3) is 0.286. The molecular formula is C28H31N5O. The van der Waals surface area contributed by atoms with Crippen LogP contribution in [-0.4, -0.2) is 44.3 Å². The van der Waals surface area contributed by atoms with Crippen molar-refractivity contribution in [1.29, 1.82) is 0 Å². The van der Waals surface area contributed by atoms with Crippen LogP contribution in [-0.2, 0) is 6.54 Å². The van der Waals surface area contributed by atoms with E-state index in [9.17, 15) is 4.79 Å². The van der Waals surface area contributed by atoms with Crippen molar-refractivity contribution < 1.29 is 4.79 Å². The maximum atomic E-state index is 13.5. The number of carbonyl (C=O) groups is 1. The molecular weight excluding hydrogens is 422 g/mol. The number of carbonyl (C=O) groups excluding carboxylic acids is 1. The molecule has 6 heteroatoms. The second-order valence-corrected chi connectivity index (χ2v) is 9.13. The second-order valence-electron chi connectivity index (χ2n) is 9.13. The molecule has 2 aromatic carbocycles. The first kappa shape index (κ1) is 22.2. The number of aromatic nitrogens is 3. The fourth-order valence-corrected chi connectivity index (χ4v) is 4.70. The summed E-state index contributed by atoms with van der Waals surface area (Å²) in [5, 5.41) is 8.07.